The standard InChI is InChI=1S/C17H20FN3O2/c1-12-16(9-19-20-12)17(22)21-8-2-3-13(10-21)11-23-15-6-4-14(18)5-7-15/h4-7,9,13H,2-3,8,10-11H2,1H3,(H,19,20). The Balaban J connectivity index is 1.57. The number of aromatic amines is 1. The number of carbonyl (C=O) groups excluding carboxylic acids is 1. The average molecular weight is 317 g/mol. The average Bonchev–Trinajstić information content (AvgIpc) is 3.00. The summed E-state index contributed by atoms with van der Waals surface area (Å²) in [4.78, 5) is 14.4. The number of likely N-dealkylation sites (tertiary alicyclic amines) is 1. The zero-order valence-electron chi connectivity index (χ0n) is 13.1. The highest BCUT2D eigenvalue weighted by Gasteiger charge is 2.26. The summed E-state index contributed by atoms with van der Waals surface area (Å²) in [6.45, 7) is 3.81. The van der Waals surface area contributed by atoms with Crippen molar-refractivity contribution in [3.05, 3.63) is 47.5 Å². The Kier molecular flexibility index (Phi) is 4.60. The monoisotopic (exact) mass is 317 g/mol. The van der Waals surface area contributed by atoms with E-state index in [2.05, 4.69) is 10.2 Å². The quantitative estimate of drug-likeness (QED) is 0.943. The number of benzene rings is 1. The molecule has 6 heteroatoms. The summed E-state index contributed by atoms with van der Waals surface area (Å²) in [6.07, 6.45) is 3.56. The van der Waals surface area contributed by atoms with Crippen molar-refractivity contribution in [3.63, 3.8) is 0 Å². The summed E-state index contributed by atoms with van der Waals surface area (Å²) in [5.41, 5.74) is 1.42. The van der Waals surface area contributed by atoms with Crippen LogP contribution in [0.15, 0.2) is 30.5 Å². The molecule has 3 rings (SSSR count). The van der Waals surface area contributed by atoms with Gasteiger partial charge in [-0.1, -0.05) is 0 Å². The second kappa shape index (κ2) is 6.81. The minimum absolute atomic E-state index is 0.0164. The van der Waals surface area contributed by atoms with Gasteiger partial charge >= 0.3 is 0 Å². The molecule has 0 spiro atoms. The molecule has 1 atom stereocenters. The van der Waals surface area contributed by atoms with E-state index in [1.165, 1.54) is 12.1 Å². The molecule has 23 heavy (non-hydrogen) atoms. The van der Waals surface area contributed by atoms with Crippen molar-refractivity contribution in [2.45, 2.75) is 19.8 Å². The molecular formula is C17H20FN3O2. The van der Waals surface area contributed by atoms with Crippen molar-refractivity contribution in [2.75, 3.05) is 19.7 Å². The fraction of sp³-hybridized carbons (Fsp3) is 0.412. The predicted octanol–water partition coefficient (Wildman–Crippen LogP) is 2.79. The Morgan fingerprint density at radius 3 is 2.91 bits per heavy atom. The zero-order valence-corrected chi connectivity index (χ0v) is 13.1. The molecule has 0 saturated carbocycles. The van der Waals surface area contributed by atoms with E-state index >= 15 is 0 Å². The normalized spacial score (nSPS) is 18.0. The van der Waals surface area contributed by atoms with E-state index in [-0.39, 0.29) is 17.6 Å². The number of nitrogens with zero attached hydrogens (tertiary/aromatic N) is 2. The highest BCUT2D eigenvalue weighted by molar-refractivity contribution is 5.95. The number of aryl methyl sites for hydroxylation is 1. The van der Waals surface area contributed by atoms with Crippen LogP contribution in [0, 0.1) is 18.7 Å². The molecule has 1 saturated heterocycles. The molecule has 122 valence electrons. The summed E-state index contributed by atoms with van der Waals surface area (Å²) >= 11 is 0. The Labute approximate surface area is 134 Å². The second-order valence-corrected chi connectivity index (χ2v) is 5.93. The predicted molar refractivity (Wildman–Crippen MR) is 83.8 cm³/mol. The van der Waals surface area contributed by atoms with Crippen LogP contribution in [-0.4, -0.2) is 40.7 Å². The van der Waals surface area contributed by atoms with Crippen LogP contribution in [0.25, 0.3) is 0 Å². The summed E-state index contributed by atoms with van der Waals surface area (Å²) in [5, 5.41) is 6.71. The molecule has 2 heterocycles. The van der Waals surface area contributed by atoms with Crippen molar-refractivity contribution in [1.82, 2.24) is 15.1 Å². The lowest BCUT2D eigenvalue weighted by molar-refractivity contribution is 0.0632. The molecule has 0 radical (unpaired) electrons. The summed E-state index contributed by atoms with van der Waals surface area (Å²) in [6, 6.07) is 6.01. The largest absolute Gasteiger partial charge is 0.493 e. The smallest absolute Gasteiger partial charge is 0.257 e. The van der Waals surface area contributed by atoms with E-state index in [1.807, 2.05) is 11.8 Å². The number of amides is 1. The van der Waals surface area contributed by atoms with Gasteiger partial charge in [0.25, 0.3) is 5.91 Å². The van der Waals surface area contributed by atoms with Crippen LogP contribution in [-0.2, 0) is 0 Å². The maximum atomic E-state index is 12.9. The fourth-order valence-electron chi connectivity index (χ4n) is 2.87. The van der Waals surface area contributed by atoms with E-state index in [1.54, 1.807) is 18.3 Å². The van der Waals surface area contributed by atoms with Gasteiger partial charge in [0.2, 0.25) is 0 Å². The van der Waals surface area contributed by atoms with Crippen LogP contribution >= 0.6 is 0 Å². The third-order valence-electron chi connectivity index (χ3n) is 4.17. The summed E-state index contributed by atoms with van der Waals surface area (Å²) < 4.78 is 18.6. The van der Waals surface area contributed by atoms with E-state index in [0.717, 1.165) is 25.1 Å². The van der Waals surface area contributed by atoms with Crippen molar-refractivity contribution in [1.29, 1.82) is 0 Å². The molecule has 1 N–H and O–H groups in total. The first-order valence-corrected chi connectivity index (χ1v) is 7.81. The number of hydrogen-bond donors (Lipinski definition) is 1. The lowest BCUT2D eigenvalue weighted by Crippen LogP contribution is -2.41. The first-order chi connectivity index (χ1) is 11.1. The lowest BCUT2D eigenvalue weighted by Gasteiger charge is -2.32. The SMILES string of the molecule is Cc1[nH]ncc1C(=O)N1CCCC(COc2ccc(F)cc2)C1. The van der Waals surface area contributed by atoms with Crippen molar-refractivity contribution >= 4 is 5.91 Å². The van der Waals surface area contributed by atoms with Crippen LogP contribution in [0.5, 0.6) is 5.75 Å². The maximum absolute atomic E-state index is 12.9. The number of H-pyrrole nitrogens is 1. The van der Waals surface area contributed by atoms with Gasteiger partial charge in [0, 0.05) is 24.7 Å². The van der Waals surface area contributed by atoms with Gasteiger partial charge in [-0.15, -0.1) is 0 Å². The molecule has 1 aliphatic heterocycles. The third kappa shape index (κ3) is 3.70. The molecule has 1 aromatic heterocycles. The first kappa shape index (κ1) is 15.5. The van der Waals surface area contributed by atoms with Gasteiger partial charge in [0.1, 0.15) is 11.6 Å². The van der Waals surface area contributed by atoms with Gasteiger partial charge in [-0.05, 0) is 44.0 Å². The van der Waals surface area contributed by atoms with Crippen LogP contribution in [0.2, 0.25) is 0 Å². The minimum atomic E-state index is -0.276. The molecular weight excluding hydrogens is 297 g/mol. The summed E-state index contributed by atoms with van der Waals surface area (Å²) in [5.74, 6) is 0.676. The van der Waals surface area contributed by atoms with Crippen LogP contribution in [0.4, 0.5) is 4.39 Å². The maximum Gasteiger partial charge on any atom is 0.257 e. The minimum Gasteiger partial charge on any atom is -0.493 e. The molecule has 1 unspecified atom stereocenters. The van der Waals surface area contributed by atoms with E-state index in [9.17, 15) is 9.18 Å². The Morgan fingerprint density at radius 1 is 1.43 bits per heavy atom. The van der Waals surface area contributed by atoms with Crippen LogP contribution in [0.1, 0.15) is 28.9 Å². The number of carbonyl (C=O) groups is 1. The Bertz CT molecular complexity index is 669. The van der Waals surface area contributed by atoms with Crippen LogP contribution < -0.4 is 4.74 Å². The van der Waals surface area contributed by atoms with E-state index in [4.69, 9.17) is 4.74 Å². The van der Waals surface area contributed by atoms with Gasteiger partial charge < -0.3 is 9.64 Å². The molecule has 0 aliphatic carbocycles. The van der Waals surface area contributed by atoms with Crippen molar-refractivity contribution in [2.24, 2.45) is 5.92 Å². The molecule has 2 aromatic rings. The Hall–Kier alpha value is -2.37. The van der Waals surface area contributed by atoms with Crippen molar-refractivity contribution < 1.29 is 13.9 Å². The van der Waals surface area contributed by atoms with Gasteiger partial charge in [-0.25, -0.2) is 4.39 Å². The topological polar surface area (TPSA) is 58.2 Å². The number of aromatic nitrogens is 2. The molecule has 1 amide bonds. The second-order valence-electron chi connectivity index (χ2n) is 5.93. The van der Waals surface area contributed by atoms with Gasteiger partial charge in [-0.2, -0.15) is 5.10 Å². The Morgan fingerprint density at radius 2 is 2.22 bits per heavy atom. The van der Waals surface area contributed by atoms with Gasteiger partial charge in [0.05, 0.1) is 18.4 Å². The fourth-order valence-corrected chi connectivity index (χ4v) is 2.87. The molecule has 0 bridgehead atoms. The number of piperidine rings is 1. The highest BCUT2D eigenvalue weighted by Crippen LogP contribution is 2.21. The molecule has 1 aromatic carbocycles. The number of rotatable bonds is 4. The van der Waals surface area contributed by atoms with Crippen LogP contribution in [0.3, 0.4) is 0 Å². The van der Waals surface area contributed by atoms with E-state index < -0.39 is 0 Å². The number of halogens is 1. The van der Waals surface area contributed by atoms with Crippen molar-refractivity contribution in [3.8, 4) is 5.75 Å². The van der Waals surface area contributed by atoms with Gasteiger partial charge in [-0.3, -0.25) is 9.89 Å². The highest BCUT2D eigenvalue weighted by atomic mass is 19.1. The third-order valence-corrected chi connectivity index (χ3v) is 4.17. The number of hydrogen-bond acceptors (Lipinski definition) is 3. The number of nitrogens with one attached hydrogen (secondary N) is 1. The number of ether oxygens (including phenoxy) is 1. The first-order valence-electron chi connectivity index (χ1n) is 7.81. The molecule has 1 aliphatic rings. The lowest BCUT2D eigenvalue weighted by atomic mass is 9.98. The van der Waals surface area contributed by atoms with Gasteiger partial charge in [0.15, 0.2) is 0 Å². The molecule has 1 fully saturated rings. The molecule has 5 nitrogen and oxygen atoms in total. The zero-order chi connectivity index (χ0) is 16.2. The summed E-state index contributed by atoms with van der Waals surface area (Å²) in [7, 11) is 0. The van der Waals surface area contributed by atoms with E-state index in [0.29, 0.717) is 24.5 Å².